The standard InChI is InChI=1S/C14H24N2S/c1-6-12(5)17-14-11(4)7-13(9-16-14)8-15-10(2)3/h7,9-10,12,15H,6,8H2,1-5H3. The lowest BCUT2D eigenvalue weighted by molar-refractivity contribution is 0.587. The van der Waals surface area contributed by atoms with Crippen molar-refractivity contribution < 1.29 is 0 Å². The van der Waals surface area contributed by atoms with Gasteiger partial charge in [-0.15, -0.1) is 11.8 Å². The van der Waals surface area contributed by atoms with E-state index in [0.717, 1.165) is 6.54 Å². The molecule has 2 nitrogen and oxygen atoms in total. The summed E-state index contributed by atoms with van der Waals surface area (Å²) < 4.78 is 0. The molecule has 0 saturated heterocycles. The van der Waals surface area contributed by atoms with E-state index in [2.05, 4.69) is 51.0 Å². The van der Waals surface area contributed by atoms with Crippen molar-refractivity contribution in [3.05, 3.63) is 23.4 Å². The first kappa shape index (κ1) is 14.5. The average molecular weight is 252 g/mol. The average Bonchev–Trinajstić information content (AvgIpc) is 2.29. The molecule has 3 heteroatoms. The number of rotatable bonds is 6. The summed E-state index contributed by atoms with van der Waals surface area (Å²) >= 11 is 1.87. The molecule has 0 aromatic carbocycles. The molecule has 0 aliphatic rings. The highest BCUT2D eigenvalue weighted by atomic mass is 32.2. The van der Waals surface area contributed by atoms with Gasteiger partial charge in [0.15, 0.2) is 0 Å². The van der Waals surface area contributed by atoms with Crippen LogP contribution >= 0.6 is 11.8 Å². The molecule has 1 aromatic heterocycles. The van der Waals surface area contributed by atoms with Gasteiger partial charge in [-0.2, -0.15) is 0 Å². The zero-order chi connectivity index (χ0) is 12.8. The molecular weight excluding hydrogens is 228 g/mol. The van der Waals surface area contributed by atoms with Crippen molar-refractivity contribution in [2.75, 3.05) is 0 Å². The van der Waals surface area contributed by atoms with Gasteiger partial charge in [0.05, 0.1) is 5.03 Å². The fourth-order valence-corrected chi connectivity index (χ4v) is 2.34. The summed E-state index contributed by atoms with van der Waals surface area (Å²) in [6.07, 6.45) is 3.18. The van der Waals surface area contributed by atoms with Crippen molar-refractivity contribution in [3.8, 4) is 0 Å². The van der Waals surface area contributed by atoms with E-state index in [1.165, 1.54) is 22.6 Å². The molecule has 0 amide bonds. The van der Waals surface area contributed by atoms with Crippen LogP contribution in [0.15, 0.2) is 17.3 Å². The van der Waals surface area contributed by atoms with E-state index in [1.54, 1.807) is 0 Å². The van der Waals surface area contributed by atoms with Gasteiger partial charge in [-0.25, -0.2) is 4.98 Å². The Morgan fingerprint density at radius 1 is 1.35 bits per heavy atom. The Hall–Kier alpha value is -0.540. The second kappa shape index (κ2) is 7.02. The minimum absolute atomic E-state index is 0.518. The lowest BCUT2D eigenvalue weighted by Crippen LogP contribution is -2.21. The summed E-state index contributed by atoms with van der Waals surface area (Å²) in [5.41, 5.74) is 2.56. The highest BCUT2D eigenvalue weighted by molar-refractivity contribution is 7.99. The number of pyridine rings is 1. The van der Waals surface area contributed by atoms with Crippen molar-refractivity contribution in [1.82, 2.24) is 10.3 Å². The molecule has 0 spiro atoms. The van der Waals surface area contributed by atoms with Gasteiger partial charge >= 0.3 is 0 Å². The fraction of sp³-hybridized carbons (Fsp3) is 0.643. The van der Waals surface area contributed by atoms with E-state index >= 15 is 0 Å². The monoisotopic (exact) mass is 252 g/mol. The first-order chi connectivity index (χ1) is 8.02. The van der Waals surface area contributed by atoms with E-state index in [0.29, 0.717) is 11.3 Å². The Morgan fingerprint density at radius 2 is 2.06 bits per heavy atom. The van der Waals surface area contributed by atoms with Gasteiger partial charge < -0.3 is 5.32 Å². The molecule has 0 aliphatic heterocycles. The van der Waals surface area contributed by atoms with Crippen LogP contribution in [0.25, 0.3) is 0 Å². The van der Waals surface area contributed by atoms with Crippen LogP contribution in [0.3, 0.4) is 0 Å². The molecule has 96 valence electrons. The Labute approximate surface area is 110 Å². The summed E-state index contributed by atoms with van der Waals surface area (Å²) in [6.45, 7) is 11.8. The molecular formula is C14H24N2S. The van der Waals surface area contributed by atoms with E-state index in [9.17, 15) is 0 Å². The normalized spacial score (nSPS) is 13.1. The van der Waals surface area contributed by atoms with Crippen LogP contribution in [0.4, 0.5) is 0 Å². The molecule has 0 radical (unpaired) electrons. The molecule has 1 rings (SSSR count). The summed E-state index contributed by atoms with van der Waals surface area (Å²) in [7, 11) is 0. The van der Waals surface area contributed by atoms with Crippen LogP contribution in [-0.4, -0.2) is 16.3 Å². The highest BCUT2D eigenvalue weighted by Crippen LogP contribution is 2.26. The highest BCUT2D eigenvalue weighted by Gasteiger charge is 2.07. The van der Waals surface area contributed by atoms with Gasteiger partial charge in [-0.3, -0.25) is 0 Å². The molecule has 0 saturated carbocycles. The molecule has 1 unspecified atom stereocenters. The Bertz CT molecular complexity index is 350. The number of aromatic nitrogens is 1. The third kappa shape index (κ3) is 5.09. The maximum absolute atomic E-state index is 4.57. The molecule has 0 bridgehead atoms. The zero-order valence-electron chi connectivity index (χ0n) is 11.6. The van der Waals surface area contributed by atoms with Crippen LogP contribution in [0, 0.1) is 6.92 Å². The Balaban J connectivity index is 2.65. The predicted molar refractivity (Wildman–Crippen MR) is 76.6 cm³/mol. The molecule has 17 heavy (non-hydrogen) atoms. The van der Waals surface area contributed by atoms with Crippen molar-refractivity contribution in [2.24, 2.45) is 0 Å². The van der Waals surface area contributed by atoms with Crippen molar-refractivity contribution in [2.45, 2.75) is 63.9 Å². The minimum atomic E-state index is 0.518. The predicted octanol–water partition coefficient (Wildman–Crippen LogP) is 3.78. The topological polar surface area (TPSA) is 24.9 Å². The van der Waals surface area contributed by atoms with E-state index < -0.39 is 0 Å². The Morgan fingerprint density at radius 3 is 2.59 bits per heavy atom. The number of hydrogen-bond donors (Lipinski definition) is 1. The second-order valence-electron chi connectivity index (χ2n) is 4.84. The number of nitrogens with zero attached hydrogens (tertiary/aromatic N) is 1. The lowest BCUT2D eigenvalue weighted by atomic mass is 10.2. The van der Waals surface area contributed by atoms with Crippen molar-refractivity contribution in [3.63, 3.8) is 0 Å². The van der Waals surface area contributed by atoms with E-state index in [-0.39, 0.29) is 0 Å². The van der Waals surface area contributed by atoms with Gasteiger partial charge in [-0.05, 0) is 24.5 Å². The molecule has 1 aromatic rings. The van der Waals surface area contributed by atoms with Crippen LogP contribution < -0.4 is 5.32 Å². The maximum Gasteiger partial charge on any atom is 0.0991 e. The van der Waals surface area contributed by atoms with Crippen LogP contribution in [0.5, 0.6) is 0 Å². The van der Waals surface area contributed by atoms with E-state index in [4.69, 9.17) is 0 Å². The van der Waals surface area contributed by atoms with Gasteiger partial charge in [0, 0.05) is 24.0 Å². The second-order valence-corrected chi connectivity index (χ2v) is 6.27. The maximum atomic E-state index is 4.57. The van der Waals surface area contributed by atoms with Gasteiger partial charge in [0.1, 0.15) is 0 Å². The quantitative estimate of drug-likeness (QED) is 0.780. The van der Waals surface area contributed by atoms with Gasteiger partial charge in [0.25, 0.3) is 0 Å². The van der Waals surface area contributed by atoms with Crippen molar-refractivity contribution >= 4 is 11.8 Å². The lowest BCUT2D eigenvalue weighted by Gasteiger charge is -2.12. The SMILES string of the molecule is CCC(C)Sc1ncc(CNC(C)C)cc1C. The molecule has 1 heterocycles. The molecule has 1 atom stereocenters. The minimum Gasteiger partial charge on any atom is -0.310 e. The molecule has 0 fully saturated rings. The summed E-state index contributed by atoms with van der Waals surface area (Å²) in [6, 6.07) is 2.76. The number of thioether (sulfide) groups is 1. The largest absolute Gasteiger partial charge is 0.310 e. The number of aryl methyl sites for hydroxylation is 1. The summed E-state index contributed by atoms with van der Waals surface area (Å²) in [5, 5.41) is 5.23. The van der Waals surface area contributed by atoms with Crippen molar-refractivity contribution in [1.29, 1.82) is 0 Å². The zero-order valence-corrected chi connectivity index (χ0v) is 12.4. The van der Waals surface area contributed by atoms with Crippen LogP contribution in [0.2, 0.25) is 0 Å². The van der Waals surface area contributed by atoms with Crippen LogP contribution in [0.1, 0.15) is 45.2 Å². The van der Waals surface area contributed by atoms with E-state index in [1.807, 2.05) is 18.0 Å². The Kier molecular flexibility index (Phi) is 6.00. The van der Waals surface area contributed by atoms with Gasteiger partial charge in [0.2, 0.25) is 0 Å². The first-order valence-electron chi connectivity index (χ1n) is 6.38. The van der Waals surface area contributed by atoms with Gasteiger partial charge in [-0.1, -0.05) is 33.8 Å². The first-order valence-corrected chi connectivity index (χ1v) is 7.26. The summed E-state index contributed by atoms with van der Waals surface area (Å²) in [4.78, 5) is 4.57. The fourth-order valence-electron chi connectivity index (χ4n) is 1.44. The third-order valence-electron chi connectivity index (χ3n) is 2.69. The molecule has 1 N–H and O–H groups in total. The third-order valence-corrected chi connectivity index (χ3v) is 4.08. The smallest absolute Gasteiger partial charge is 0.0991 e. The number of nitrogens with one attached hydrogen (secondary N) is 1. The number of hydrogen-bond acceptors (Lipinski definition) is 3. The summed E-state index contributed by atoms with van der Waals surface area (Å²) in [5.74, 6) is 0. The molecule has 0 aliphatic carbocycles. The van der Waals surface area contributed by atoms with Crippen LogP contribution in [-0.2, 0) is 6.54 Å².